The Morgan fingerprint density at radius 1 is 0.864 bits per heavy atom. The predicted molar refractivity (Wildman–Crippen MR) is 89.5 cm³/mol. The number of carbonyl (C=O) groups excluding carboxylic acids is 2. The minimum absolute atomic E-state index is 0.149. The molecule has 4 heteroatoms. The highest BCUT2D eigenvalue weighted by Crippen LogP contribution is 2.16. The summed E-state index contributed by atoms with van der Waals surface area (Å²) in [6.07, 6.45) is 1.83. The minimum atomic E-state index is -0.177. The molecule has 0 aliphatic heterocycles. The van der Waals surface area contributed by atoms with Crippen LogP contribution in [0.15, 0.2) is 60.2 Å². The summed E-state index contributed by atoms with van der Waals surface area (Å²) in [7, 11) is 0. The minimum Gasteiger partial charge on any atom is -0.326 e. The monoisotopic (exact) mass is 294 g/mol. The molecule has 0 unspecified atom stereocenters. The molecule has 4 nitrogen and oxygen atoms in total. The summed E-state index contributed by atoms with van der Waals surface area (Å²) < 4.78 is 0. The molecule has 0 aliphatic carbocycles. The summed E-state index contributed by atoms with van der Waals surface area (Å²) in [4.78, 5) is 23.2. The lowest BCUT2D eigenvalue weighted by Gasteiger charge is -2.08. The van der Waals surface area contributed by atoms with Crippen LogP contribution in [-0.4, -0.2) is 11.8 Å². The maximum atomic E-state index is 12.2. The van der Waals surface area contributed by atoms with Crippen LogP contribution in [0.3, 0.4) is 0 Å². The van der Waals surface area contributed by atoms with E-state index in [9.17, 15) is 9.59 Å². The summed E-state index contributed by atoms with van der Waals surface area (Å²) in [5.74, 6) is -0.326. The lowest BCUT2D eigenvalue weighted by molar-refractivity contribution is -0.114. The zero-order valence-corrected chi connectivity index (χ0v) is 12.6. The molecule has 112 valence electrons. The highest BCUT2D eigenvalue weighted by molar-refractivity contribution is 6.06. The average molecular weight is 294 g/mol. The van der Waals surface area contributed by atoms with E-state index in [0.717, 1.165) is 5.56 Å². The molecule has 0 saturated carbocycles. The van der Waals surface area contributed by atoms with Gasteiger partial charge in [0.1, 0.15) is 0 Å². The highest BCUT2D eigenvalue weighted by atomic mass is 16.2. The van der Waals surface area contributed by atoms with E-state index in [0.29, 0.717) is 16.9 Å². The fourth-order valence-electron chi connectivity index (χ4n) is 1.97. The third-order valence-corrected chi connectivity index (χ3v) is 2.98. The fraction of sp³-hybridized carbons (Fsp3) is 0.111. The van der Waals surface area contributed by atoms with Gasteiger partial charge in [-0.15, -0.1) is 0 Å². The summed E-state index contributed by atoms with van der Waals surface area (Å²) in [6.45, 7) is 3.21. The van der Waals surface area contributed by atoms with E-state index in [2.05, 4.69) is 10.6 Å². The van der Waals surface area contributed by atoms with Gasteiger partial charge < -0.3 is 10.6 Å². The molecule has 2 aromatic rings. The predicted octanol–water partition coefficient (Wildman–Crippen LogP) is 3.69. The summed E-state index contributed by atoms with van der Waals surface area (Å²) in [5, 5.41) is 5.50. The fourth-order valence-corrected chi connectivity index (χ4v) is 1.97. The van der Waals surface area contributed by atoms with Gasteiger partial charge in [0.05, 0.1) is 0 Å². The number of rotatable bonds is 4. The Bertz CT molecular complexity index is 706. The first-order chi connectivity index (χ1) is 10.5. The number of hydrogen-bond donors (Lipinski definition) is 2. The van der Waals surface area contributed by atoms with Crippen molar-refractivity contribution in [2.75, 3.05) is 10.6 Å². The second-order valence-corrected chi connectivity index (χ2v) is 4.95. The zero-order valence-electron chi connectivity index (χ0n) is 12.6. The Morgan fingerprint density at radius 2 is 1.50 bits per heavy atom. The van der Waals surface area contributed by atoms with Crippen LogP contribution in [0.5, 0.6) is 0 Å². The van der Waals surface area contributed by atoms with Gasteiger partial charge in [0.15, 0.2) is 0 Å². The third-order valence-electron chi connectivity index (χ3n) is 2.98. The van der Waals surface area contributed by atoms with E-state index in [1.807, 2.05) is 36.4 Å². The molecule has 0 spiro atoms. The van der Waals surface area contributed by atoms with Crippen LogP contribution in [-0.2, 0) is 9.59 Å². The summed E-state index contributed by atoms with van der Waals surface area (Å²) >= 11 is 0. The Hall–Kier alpha value is -2.88. The van der Waals surface area contributed by atoms with Crippen LogP contribution in [0.1, 0.15) is 19.4 Å². The van der Waals surface area contributed by atoms with Crippen LogP contribution < -0.4 is 10.6 Å². The number of amides is 2. The molecule has 0 fully saturated rings. The zero-order chi connectivity index (χ0) is 15.9. The van der Waals surface area contributed by atoms with Gasteiger partial charge in [-0.2, -0.15) is 0 Å². The van der Waals surface area contributed by atoms with Crippen LogP contribution >= 0.6 is 0 Å². The molecule has 0 atom stereocenters. The van der Waals surface area contributed by atoms with Crippen LogP contribution in [0.25, 0.3) is 6.08 Å². The maximum Gasteiger partial charge on any atom is 0.251 e. The molecule has 0 aromatic heterocycles. The second-order valence-electron chi connectivity index (χ2n) is 4.95. The molecular weight excluding hydrogens is 276 g/mol. The standard InChI is InChI=1S/C18H18N2O2/c1-13(11-15-7-4-3-5-8-15)18(22)20-17-10-6-9-16(12-17)19-14(2)21/h3-12H,1-2H3,(H,19,21)(H,20,22)/b13-11-. The van der Waals surface area contributed by atoms with Gasteiger partial charge in [-0.1, -0.05) is 36.4 Å². The second kappa shape index (κ2) is 7.22. The van der Waals surface area contributed by atoms with Gasteiger partial charge in [-0.05, 0) is 36.8 Å². The molecule has 2 aromatic carbocycles. The van der Waals surface area contributed by atoms with E-state index >= 15 is 0 Å². The Kier molecular flexibility index (Phi) is 5.09. The molecule has 2 N–H and O–H groups in total. The van der Waals surface area contributed by atoms with Crippen molar-refractivity contribution >= 4 is 29.3 Å². The SMILES string of the molecule is CC(=O)Nc1cccc(NC(=O)/C(C)=C\c2ccccc2)c1. The number of carbonyl (C=O) groups is 2. The first kappa shape index (κ1) is 15.5. The molecule has 0 aliphatic rings. The van der Waals surface area contributed by atoms with Crippen molar-refractivity contribution in [3.63, 3.8) is 0 Å². The molecule has 0 bridgehead atoms. The summed E-state index contributed by atoms with van der Waals surface area (Å²) in [5.41, 5.74) is 2.87. The Morgan fingerprint density at radius 3 is 2.14 bits per heavy atom. The smallest absolute Gasteiger partial charge is 0.251 e. The van der Waals surface area contributed by atoms with Crippen LogP contribution in [0.4, 0.5) is 11.4 Å². The maximum absolute atomic E-state index is 12.2. The van der Waals surface area contributed by atoms with E-state index in [-0.39, 0.29) is 11.8 Å². The van der Waals surface area contributed by atoms with Crippen LogP contribution in [0.2, 0.25) is 0 Å². The Labute approximate surface area is 129 Å². The number of nitrogens with one attached hydrogen (secondary N) is 2. The van der Waals surface area contributed by atoms with E-state index in [1.54, 1.807) is 31.2 Å². The van der Waals surface area contributed by atoms with E-state index < -0.39 is 0 Å². The van der Waals surface area contributed by atoms with Crippen molar-refractivity contribution < 1.29 is 9.59 Å². The number of hydrogen-bond acceptors (Lipinski definition) is 2. The molecule has 2 amide bonds. The molecular formula is C18H18N2O2. The summed E-state index contributed by atoms with van der Waals surface area (Å²) in [6, 6.07) is 16.7. The quantitative estimate of drug-likeness (QED) is 0.845. The van der Waals surface area contributed by atoms with Gasteiger partial charge in [0, 0.05) is 23.9 Å². The van der Waals surface area contributed by atoms with Gasteiger partial charge in [0.2, 0.25) is 5.91 Å². The first-order valence-electron chi connectivity index (χ1n) is 6.97. The van der Waals surface area contributed by atoms with Crippen molar-refractivity contribution in [1.82, 2.24) is 0 Å². The molecule has 0 saturated heterocycles. The van der Waals surface area contributed by atoms with E-state index in [4.69, 9.17) is 0 Å². The lowest BCUT2D eigenvalue weighted by Crippen LogP contribution is -2.13. The van der Waals surface area contributed by atoms with Crippen molar-refractivity contribution in [3.05, 3.63) is 65.7 Å². The van der Waals surface area contributed by atoms with Crippen molar-refractivity contribution in [2.24, 2.45) is 0 Å². The largest absolute Gasteiger partial charge is 0.326 e. The van der Waals surface area contributed by atoms with Gasteiger partial charge in [-0.3, -0.25) is 9.59 Å². The van der Waals surface area contributed by atoms with Crippen LogP contribution in [0, 0.1) is 0 Å². The normalized spacial score (nSPS) is 10.9. The molecule has 0 radical (unpaired) electrons. The third kappa shape index (κ3) is 4.59. The van der Waals surface area contributed by atoms with Gasteiger partial charge >= 0.3 is 0 Å². The van der Waals surface area contributed by atoms with Crippen molar-refractivity contribution in [3.8, 4) is 0 Å². The number of anilines is 2. The van der Waals surface area contributed by atoms with Gasteiger partial charge in [-0.25, -0.2) is 0 Å². The molecule has 2 rings (SSSR count). The van der Waals surface area contributed by atoms with Gasteiger partial charge in [0.25, 0.3) is 5.91 Å². The highest BCUT2D eigenvalue weighted by Gasteiger charge is 2.06. The van der Waals surface area contributed by atoms with Crippen molar-refractivity contribution in [1.29, 1.82) is 0 Å². The number of benzene rings is 2. The van der Waals surface area contributed by atoms with Crippen molar-refractivity contribution in [2.45, 2.75) is 13.8 Å². The molecule has 22 heavy (non-hydrogen) atoms. The Balaban J connectivity index is 2.08. The average Bonchev–Trinajstić information content (AvgIpc) is 2.48. The molecule has 0 heterocycles. The first-order valence-corrected chi connectivity index (χ1v) is 6.97. The van der Waals surface area contributed by atoms with E-state index in [1.165, 1.54) is 6.92 Å². The lowest BCUT2D eigenvalue weighted by atomic mass is 10.1. The topological polar surface area (TPSA) is 58.2 Å².